The predicted molar refractivity (Wildman–Crippen MR) is 187 cm³/mol. The first-order chi connectivity index (χ1) is 20.1. The van der Waals surface area contributed by atoms with Gasteiger partial charge in [-0.25, -0.2) is 0 Å². The van der Waals surface area contributed by atoms with E-state index in [2.05, 4.69) is 33.0 Å². The molecule has 2 atom stereocenters. The Morgan fingerprint density at radius 1 is 0.415 bits per heavy atom. The van der Waals surface area contributed by atoms with E-state index in [1.54, 1.807) is 0 Å². The summed E-state index contributed by atoms with van der Waals surface area (Å²) >= 11 is 0. The van der Waals surface area contributed by atoms with Crippen molar-refractivity contribution in [2.45, 2.75) is 220 Å². The summed E-state index contributed by atoms with van der Waals surface area (Å²) in [5.41, 5.74) is 0. The van der Waals surface area contributed by atoms with Crippen LogP contribution in [0, 0.1) is 0 Å². The minimum atomic E-state index is -0.241. The number of quaternary nitrogens is 1. The summed E-state index contributed by atoms with van der Waals surface area (Å²) in [7, 11) is 2.29. The number of aliphatic hydroxyl groups is 1. The standard InChI is InChI=1S/C39H80NO/c1-5-7-9-11-13-15-17-19-21-23-25-27-29-31-33-35-37-40(4,39(3)41)38-36-34-32-30-28-26-24-22-20-18-16-14-12-10-8-6-2/h19,21,39,41H,5-18,20,22-38H2,1-4H3/q+1/b21-19-. The van der Waals surface area contributed by atoms with E-state index in [0.29, 0.717) is 0 Å². The lowest BCUT2D eigenvalue weighted by atomic mass is 10.0. The molecule has 0 aromatic rings. The summed E-state index contributed by atoms with van der Waals surface area (Å²) in [6.07, 6.45) is 46.3. The Balaban J connectivity index is 3.55. The average Bonchev–Trinajstić information content (AvgIpc) is 2.96. The van der Waals surface area contributed by atoms with Gasteiger partial charge in [-0.15, -0.1) is 0 Å². The Morgan fingerprint density at radius 2 is 0.659 bits per heavy atom. The molecule has 0 radical (unpaired) electrons. The number of unbranched alkanes of at least 4 members (excludes halogenated alkanes) is 27. The van der Waals surface area contributed by atoms with Crippen LogP contribution in [-0.4, -0.2) is 36.0 Å². The molecule has 0 aliphatic carbocycles. The van der Waals surface area contributed by atoms with Gasteiger partial charge in [-0.1, -0.05) is 167 Å². The normalized spacial score (nSPS) is 14.2. The van der Waals surface area contributed by atoms with Crippen molar-refractivity contribution >= 4 is 0 Å². The van der Waals surface area contributed by atoms with Gasteiger partial charge in [0.2, 0.25) is 0 Å². The Labute approximate surface area is 261 Å². The van der Waals surface area contributed by atoms with Gasteiger partial charge in [0.15, 0.2) is 6.23 Å². The van der Waals surface area contributed by atoms with Crippen LogP contribution < -0.4 is 0 Å². The molecule has 0 saturated carbocycles. The van der Waals surface area contributed by atoms with Crippen molar-refractivity contribution in [2.75, 3.05) is 20.1 Å². The summed E-state index contributed by atoms with van der Waals surface area (Å²) in [5, 5.41) is 10.5. The van der Waals surface area contributed by atoms with Crippen molar-refractivity contribution < 1.29 is 9.59 Å². The highest BCUT2D eigenvalue weighted by molar-refractivity contribution is 4.81. The molecule has 0 aromatic carbocycles. The van der Waals surface area contributed by atoms with Crippen LogP contribution in [0.2, 0.25) is 0 Å². The second-order valence-corrected chi connectivity index (χ2v) is 13.8. The van der Waals surface area contributed by atoms with E-state index < -0.39 is 0 Å². The maximum Gasteiger partial charge on any atom is 0.187 e. The lowest BCUT2D eigenvalue weighted by Crippen LogP contribution is -2.52. The summed E-state index contributed by atoms with van der Waals surface area (Å²) in [6, 6.07) is 0. The van der Waals surface area contributed by atoms with E-state index in [4.69, 9.17) is 0 Å². The molecular formula is C39H80NO+. The quantitative estimate of drug-likeness (QED) is 0.0348. The van der Waals surface area contributed by atoms with Crippen molar-refractivity contribution in [1.29, 1.82) is 0 Å². The zero-order valence-corrected chi connectivity index (χ0v) is 29.3. The molecule has 2 unspecified atom stereocenters. The molecule has 1 N–H and O–H groups in total. The van der Waals surface area contributed by atoms with Crippen LogP contribution in [0.5, 0.6) is 0 Å². The van der Waals surface area contributed by atoms with Crippen LogP contribution in [-0.2, 0) is 0 Å². The third-order valence-electron chi connectivity index (χ3n) is 9.61. The van der Waals surface area contributed by atoms with Crippen molar-refractivity contribution in [3.05, 3.63) is 12.2 Å². The fourth-order valence-electron chi connectivity index (χ4n) is 6.23. The minimum absolute atomic E-state index is 0.241. The van der Waals surface area contributed by atoms with E-state index in [1.165, 1.54) is 193 Å². The Bertz CT molecular complexity index is 516. The van der Waals surface area contributed by atoms with E-state index in [0.717, 1.165) is 17.6 Å². The molecular weight excluding hydrogens is 498 g/mol. The average molecular weight is 579 g/mol. The molecule has 0 aromatic heterocycles. The van der Waals surface area contributed by atoms with Crippen molar-refractivity contribution in [3.63, 3.8) is 0 Å². The summed E-state index contributed by atoms with van der Waals surface area (Å²) in [5.74, 6) is 0. The third kappa shape index (κ3) is 29.5. The molecule has 0 spiro atoms. The topological polar surface area (TPSA) is 20.2 Å². The lowest BCUT2D eigenvalue weighted by molar-refractivity contribution is -0.952. The van der Waals surface area contributed by atoms with Crippen molar-refractivity contribution in [2.24, 2.45) is 0 Å². The Kier molecular flexibility index (Phi) is 32.3. The molecule has 41 heavy (non-hydrogen) atoms. The second-order valence-electron chi connectivity index (χ2n) is 13.8. The molecule has 0 saturated heterocycles. The maximum absolute atomic E-state index is 10.5. The molecule has 2 nitrogen and oxygen atoms in total. The third-order valence-corrected chi connectivity index (χ3v) is 9.61. The summed E-state index contributed by atoms with van der Waals surface area (Å²) in [4.78, 5) is 0. The first kappa shape index (κ1) is 40.7. The molecule has 0 aliphatic rings. The SMILES string of the molecule is CCCCCCCC/C=C\CCCCCCCC[N+](C)(CCCCCCCCCCCCCCCCCC)C(C)O. The van der Waals surface area contributed by atoms with E-state index in [-0.39, 0.29) is 6.23 Å². The molecule has 0 heterocycles. The fraction of sp³-hybridized carbons (Fsp3) is 0.949. The number of nitrogens with zero attached hydrogens (tertiary/aromatic N) is 1. The fourth-order valence-corrected chi connectivity index (χ4v) is 6.23. The zero-order chi connectivity index (χ0) is 30.1. The van der Waals surface area contributed by atoms with Gasteiger partial charge in [0.1, 0.15) is 0 Å². The van der Waals surface area contributed by atoms with Gasteiger partial charge in [0.05, 0.1) is 20.1 Å². The molecule has 246 valence electrons. The lowest BCUT2D eigenvalue weighted by Gasteiger charge is -2.37. The van der Waals surface area contributed by atoms with Gasteiger partial charge in [-0.05, 0) is 51.4 Å². The van der Waals surface area contributed by atoms with Crippen molar-refractivity contribution in [1.82, 2.24) is 0 Å². The van der Waals surface area contributed by atoms with Crippen LogP contribution in [0.15, 0.2) is 12.2 Å². The number of hydrogen-bond donors (Lipinski definition) is 1. The summed E-state index contributed by atoms with van der Waals surface area (Å²) < 4.78 is 0.849. The minimum Gasteiger partial charge on any atom is -0.345 e. The van der Waals surface area contributed by atoms with Gasteiger partial charge in [0.25, 0.3) is 0 Å². The smallest absolute Gasteiger partial charge is 0.187 e. The predicted octanol–water partition coefficient (Wildman–Crippen LogP) is 13.1. The monoisotopic (exact) mass is 579 g/mol. The highest BCUT2D eigenvalue weighted by Gasteiger charge is 2.26. The van der Waals surface area contributed by atoms with Gasteiger partial charge >= 0.3 is 0 Å². The van der Waals surface area contributed by atoms with E-state index in [9.17, 15) is 5.11 Å². The zero-order valence-electron chi connectivity index (χ0n) is 29.3. The number of allylic oxidation sites excluding steroid dienone is 2. The largest absolute Gasteiger partial charge is 0.345 e. The molecule has 0 amide bonds. The molecule has 2 heteroatoms. The van der Waals surface area contributed by atoms with Crippen LogP contribution in [0.25, 0.3) is 0 Å². The van der Waals surface area contributed by atoms with E-state index >= 15 is 0 Å². The highest BCUT2D eigenvalue weighted by atomic mass is 16.3. The maximum atomic E-state index is 10.5. The van der Waals surface area contributed by atoms with Gasteiger partial charge in [-0.2, -0.15) is 0 Å². The van der Waals surface area contributed by atoms with Gasteiger partial charge < -0.3 is 9.59 Å². The molecule has 0 rings (SSSR count). The van der Waals surface area contributed by atoms with Gasteiger partial charge in [0, 0.05) is 6.92 Å². The Morgan fingerprint density at radius 3 is 0.927 bits per heavy atom. The number of rotatable bonds is 34. The first-order valence-electron chi connectivity index (χ1n) is 19.2. The molecule has 0 bridgehead atoms. The Hall–Kier alpha value is -0.340. The second kappa shape index (κ2) is 32.6. The van der Waals surface area contributed by atoms with Crippen LogP contribution in [0.3, 0.4) is 0 Å². The molecule has 0 fully saturated rings. The van der Waals surface area contributed by atoms with Crippen LogP contribution in [0.1, 0.15) is 213 Å². The van der Waals surface area contributed by atoms with Crippen LogP contribution in [0.4, 0.5) is 0 Å². The first-order valence-corrected chi connectivity index (χ1v) is 19.2. The van der Waals surface area contributed by atoms with Gasteiger partial charge in [-0.3, -0.25) is 0 Å². The molecule has 0 aliphatic heterocycles. The number of aliphatic hydroxyl groups excluding tert-OH is 1. The summed E-state index contributed by atoms with van der Waals surface area (Å²) in [6.45, 7) is 8.87. The number of hydrogen-bond acceptors (Lipinski definition) is 1. The van der Waals surface area contributed by atoms with E-state index in [1.807, 2.05) is 6.92 Å². The highest BCUT2D eigenvalue weighted by Crippen LogP contribution is 2.18. The van der Waals surface area contributed by atoms with Crippen LogP contribution >= 0.6 is 0 Å². The van der Waals surface area contributed by atoms with Crippen molar-refractivity contribution in [3.8, 4) is 0 Å².